The third kappa shape index (κ3) is 4.76. The fraction of sp³-hybridized carbons (Fsp3) is 0.786. The zero-order valence-electron chi connectivity index (χ0n) is 12.1. The Morgan fingerprint density at radius 2 is 1.94 bits per heavy atom. The highest BCUT2D eigenvalue weighted by molar-refractivity contribution is 7.11. The summed E-state index contributed by atoms with van der Waals surface area (Å²) in [5, 5.41) is 4.77. The van der Waals surface area contributed by atoms with Gasteiger partial charge >= 0.3 is 0 Å². The molecule has 0 aromatic carbocycles. The summed E-state index contributed by atoms with van der Waals surface area (Å²) < 4.78 is 0. The van der Waals surface area contributed by atoms with Crippen LogP contribution in [0.2, 0.25) is 0 Å². The minimum absolute atomic E-state index is 0.404. The van der Waals surface area contributed by atoms with Gasteiger partial charge in [0.15, 0.2) is 0 Å². The van der Waals surface area contributed by atoms with E-state index in [0.717, 1.165) is 6.54 Å². The van der Waals surface area contributed by atoms with E-state index in [-0.39, 0.29) is 0 Å². The van der Waals surface area contributed by atoms with Crippen LogP contribution < -0.4 is 5.32 Å². The fourth-order valence-corrected chi connectivity index (χ4v) is 3.06. The number of thiazole rings is 1. The van der Waals surface area contributed by atoms with Crippen molar-refractivity contribution in [3.05, 3.63) is 15.6 Å². The molecule has 0 aliphatic heterocycles. The van der Waals surface area contributed by atoms with Crippen LogP contribution in [0.4, 0.5) is 0 Å². The van der Waals surface area contributed by atoms with Gasteiger partial charge in [0.2, 0.25) is 0 Å². The Labute approximate surface area is 110 Å². The second-order valence-corrected chi connectivity index (χ2v) is 7.13. The van der Waals surface area contributed by atoms with E-state index >= 15 is 0 Å². The van der Waals surface area contributed by atoms with Gasteiger partial charge < -0.3 is 5.32 Å². The topological polar surface area (TPSA) is 24.9 Å². The Bertz CT molecular complexity index is 350. The number of nitrogens with one attached hydrogen (secondary N) is 1. The summed E-state index contributed by atoms with van der Waals surface area (Å²) in [6.07, 6.45) is 2.43. The van der Waals surface area contributed by atoms with Gasteiger partial charge in [-0.3, -0.25) is 0 Å². The second kappa shape index (κ2) is 5.96. The molecule has 2 nitrogen and oxygen atoms in total. The van der Waals surface area contributed by atoms with E-state index in [9.17, 15) is 0 Å². The maximum atomic E-state index is 4.54. The van der Waals surface area contributed by atoms with Crippen molar-refractivity contribution in [1.29, 1.82) is 0 Å². The van der Waals surface area contributed by atoms with Crippen molar-refractivity contribution in [3.8, 4) is 0 Å². The zero-order chi connectivity index (χ0) is 13.1. The normalized spacial score (nSPS) is 14.0. The summed E-state index contributed by atoms with van der Waals surface area (Å²) in [5.41, 5.74) is 1.61. The van der Waals surface area contributed by atoms with Gasteiger partial charge in [0.1, 0.15) is 0 Å². The summed E-state index contributed by atoms with van der Waals surface area (Å²) >= 11 is 1.84. The van der Waals surface area contributed by atoms with Gasteiger partial charge in [0, 0.05) is 10.9 Å². The third-order valence-electron chi connectivity index (χ3n) is 2.89. The lowest BCUT2D eigenvalue weighted by Crippen LogP contribution is -2.22. The SMILES string of the molecule is CCNC(CCC(C)(C)C)c1sc(C)nc1C. The Balaban J connectivity index is 2.75. The standard InChI is InChI=1S/C14H26N2S/c1-7-15-12(8-9-14(4,5)6)13-10(2)16-11(3)17-13/h12,15H,7-9H2,1-6H3. The second-order valence-electron chi connectivity index (χ2n) is 5.89. The van der Waals surface area contributed by atoms with Crippen LogP contribution in [0, 0.1) is 19.3 Å². The molecule has 1 atom stereocenters. The van der Waals surface area contributed by atoms with Crippen LogP contribution in [0.3, 0.4) is 0 Å². The molecule has 0 spiro atoms. The number of nitrogens with zero attached hydrogens (tertiary/aromatic N) is 1. The largest absolute Gasteiger partial charge is 0.309 e. The molecule has 0 saturated carbocycles. The zero-order valence-corrected chi connectivity index (χ0v) is 12.9. The molecule has 1 rings (SSSR count). The highest BCUT2D eigenvalue weighted by atomic mass is 32.1. The average Bonchev–Trinajstić information content (AvgIpc) is 2.51. The van der Waals surface area contributed by atoms with Gasteiger partial charge in [-0.25, -0.2) is 4.98 Å². The Hall–Kier alpha value is -0.410. The first-order valence-corrected chi connectivity index (χ1v) is 7.32. The van der Waals surface area contributed by atoms with Crippen LogP contribution >= 0.6 is 11.3 Å². The molecule has 0 aliphatic rings. The molecule has 1 heterocycles. The van der Waals surface area contributed by atoms with Crippen molar-refractivity contribution in [3.63, 3.8) is 0 Å². The summed E-state index contributed by atoms with van der Waals surface area (Å²) in [6, 6.07) is 0.477. The number of rotatable bonds is 5. The van der Waals surface area contributed by atoms with Crippen LogP contribution in [0.15, 0.2) is 0 Å². The lowest BCUT2D eigenvalue weighted by molar-refractivity contribution is 0.335. The molecule has 1 aromatic heterocycles. The third-order valence-corrected chi connectivity index (χ3v) is 4.08. The molecule has 1 aromatic rings. The quantitative estimate of drug-likeness (QED) is 0.850. The van der Waals surface area contributed by atoms with E-state index in [1.165, 1.54) is 28.4 Å². The van der Waals surface area contributed by atoms with Gasteiger partial charge in [-0.1, -0.05) is 27.7 Å². The summed E-state index contributed by atoms with van der Waals surface area (Å²) in [5.74, 6) is 0. The minimum atomic E-state index is 0.404. The molecule has 0 saturated heterocycles. The predicted octanol–water partition coefficient (Wildman–Crippen LogP) is 4.24. The van der Waals surface area contributed by atoms with Gasteiger partial charge in [0.25, 0.3) is 0 Å². The maximum Gasteiger partial charge on any atom is 0.0900 e. The molecular weight excluding hydrogens is 228 g/mol. The number of aromatic nitrogens is 1. The molecule has 1 N–H and O–H groups in total. The highest BCUT2D eigenvalue weighted by Gasteiger charge is 2.19. The van der Waals surface area contributed by atoms with Crippen LogP contribution in [-0.2, 0) is 0 Å². The van der Waals surface area contributed by atoms with Crippen molar-refractivity contribution < 1.29 is 0 Å². The van der Waals surface area contributed by atoms with E-state index in [1.54, 1.807) is 0 Å². The molecule has 98 valence electrons. The average molecular weight is 254 g/mol. The Morgan fingerprint density at radius 3 is 2.35 bits per heavy atom. The van der Waals surface area contributed by atoms with Crippen molar-refractivity contribution in [2.45, 2.75) is 60.4 Å². The van der Waals surface area contributed by atoms with Gasteiger partial charge in [-0.05, 0) is 38.6 Å². The van der Waals surface area contributed by atoms with Crippen molar-refractivity contribution in [2.75, 3.05) is 6.54 Å². The lowest BCUT2D eigenvalue weighted by Gasteiger charge is -2.23. The maximum absolute atomic E-state index is 4.54. The summed E-state index contributed by atoms with van der Waals surface area (Å²) in [4.78, 5) is 5.96. The van der Waals surface area contributed by atoms with Gasteiger partial charge in [-0.2, -0.15) is 0 Å². The van der Waals surface area contributed by atoms with E-state index in [4.69, 9.17) is 0 Å². The molecule has 0 bridgehead atoms. The molecule has 0 fully saturated rings. The van der Waals surface area contributed by atoms with Gasteiger partial charge in [0.05, 0.1) is 10.7 Å². The molecule has 0 aliphatic carbocycles. The summed E-state index contributed by atoms with van der Waals surface area (Å²) in [7, 11) is 0. The smallest absolute Gasteiger partial charge is 0.0900 e. The number of hydrogen-bond acceptors (Lipinski definition) is 3. The molecule has 3 heteroatoms. The van der Waals surface area contributed by atoms with Crippen molar-refractivity contribution >= 4 is 11.3 Å². The van der Waals surface area contributed by atoms with Crippen LogP contribution in [0.25, 0.3) is 0 Å². The minimum Gasteiger partial charge on any atom is -0.309 e. The van der Waals surface area contributed by atoms with E-state index < -0.39 is 0 Å². The van der Waals surface area contributed by atoms with Crippen LogP contribution in [0.5, 0.6) is 0 Å². The van der Waals surface area contributed by atoms with Crippen LogP contribution in [0.1, 0.15) is 62.2 Å². The Morgan fingerprint density at radius 1 is 1.29 bits per heavy atom. The predicted molar refractivity (Wildman–Crippen MR) is 76.7 cm³/mol. The first-order chi connectivity index (χ1) is 7.83. The molecule has 0 amide bonds. The Kier molecular flexibility index (Phi) is 5.14. The lowest BCUT2D eigenvalue weighted by atomic mass is 9.88. The first kappa shape index (κ1) is 14.7. The monoisotopic (exact) mass is 254 g/mol. The molecule has 1 unspecified atom stereocenters. The molecule has 17 heavy (non-hydrogen) atoms. The van der Waals surface area contributed by atoms with E-state index in [2.05, 4.69) is 51.8 Å². The molecular formula is C14H26N2S. The van der Waals surface area contributed by atoms with Crippen molar-refractivity contribution in [2.24, 2.45) is 5.41 Å². The first-order valence-electron chi connectivity index (χ1n) is 6.51. The summed E-state index contributed by atoms with van der Waals surface area (Å²) in [6.45, 7) is 14.3. The molecule has 0 radical (unpaired) electrons. The number of hydrogen-bond donors (Lipinski definition) is 1. The van der Waals surface area contributed by atoms with Gasteiger partial charge in [-0.15, -0.1) is 11.3 Å². The van der Waals surface area contributed by atoms with Crippen molar-refractivity contribution in [1.82, 2.24) is 10.3 Å². The number of aryl methyl sites for hydroxylation is 2. The van der Waals surface area contributed by atoms with E-state index in [0.29, 0.717) is 11.5 Å². The fourth-order valence-electron chi connectivity index (χ4n) is 2.02. The highest BCUT2D eigenvalue weighted by Crippen LogP contribution is 2.31. The van der Waals surface area contributed by atoms with E-state index in [1.807, 2.05) is 11.3 Å². The van der Waals surface area contributed by atoms with Crippen LogP contribution in [-0.4, -0.2) is 11.5 Å².